The number of aliphatic carboxylic acids is 1. The summed E-state index contributed by atoms with van der Waals surface area (Å²) in [6, 6.07) is 0. The first kappa shape index (κ1) is 25.4. The molecule has 4 saturated carbocycles. The van der Waals surface area contributed by atoms with E-state index in [0.717, 1.165) is 51.4 Å². The van der Waals surface area contributed by atoms with E-state index >= 15 is 0 Å². The topological polar surface area (TPSA) is 76.0 Å². The molecule has 12 atom stereocenters. The number of carbonyl (C=O) groups is 1. The SMILES string of the molecule is C[C@@H]1CC[C@]2(C(=O)O)CC[C@]3(C)C(=CCC4[C@@]5(C)C[C@@H](O)[C@@H]6OCOCC6(C)C5CC[C@]43C)C2[C@H]1C. The Kier molecular flexibility index (Phi) is 5.51. The lowest BCUT2D eigenvalue weighted by molar-refractivity contribution is -0.305. The molecular formula is C31H48O5. The molecule has 4 unspecified atom stereocenters. The largest absolute Gasteiger partial charge is 0.481 e. The zero-order valence-corrected chi connectivity index (χ0v) is 23.3. The van der Waals surface area contributed by atoms with E-state index in [9.17, 15) is 15.0 Å². The third-order valence-corrected chi connectivity index (χ3v) is 13.9. The van der Waals surface area contributed by atoms with Crippen molar-refractivity contribution < 1.29 is 24.5 Å². The van der Waals surface area contributed by atoms with Gasteiger partial charge in [-0.05, 0) is 97.2 Å². The first-order valence-corrected chi connectivity index (χ1v) is 14.7. The van der Waals surface area contributed by atoms with Crippen molar-refractivity contribution in [2.24, 2.45) is 56.7 Å². The Balaban J connectivity index is 1.44. The summed E-state index contributed by atoms with van der Waals surface area (Å²) in [5.74, 6) is 1.43. The molecule has 1 aliphatic heterocycles. The monoisotopic (exact) mass is 500 g/mol. The van der Waals surface area contributed by atoms with Crippen LogP contribution in [0.1, 0.15) is 92.9 Å². The van der Waals surface area contributed by atoms with Gasteiger partial charge in [0.1, 0.15) is 6.79 Å². The van der Waals surface area contributed by atoms with Crippen LogP contribution in [-0.2, 0) is 14.3 Å². The lowest BCUT2D eigenvalue weighted by Gasteiger charge is -2.72. The van der Waals surface area contributed by atoms with E-state index in [0.29, 0.717) is 30.3 Å². The molecule has 202 valence electrons. The van der Waals surface area contributed by atoms with E-state index in [1.807, 2.05) is 0 Å². The molecule has 2 N–H and O–H groups in total. The van der Waals surface area contributed by atoms with Gasteiger partial charge in [-0.1, -0.05) is 53.2 Å². The Bertz CT molecular complexity index is 976. The first-order valence-electron chi connectivity index (χ1n) is 14.7. The molecule has 5 heteroatoms. The van der Waals surface area contributed by atoms with Gasteiger partial charge in [-0.25, -0.2) is 0 Å². The van der Waals surface area contributed by atoms with Crippen molar-refractivity contribution in [3.63, 3.8) is 0 Å². The fraction of sp³-hybridized carbons (Fsp3) is 0.903. The third-order valence-electron chi connectivity index (χ3n) is 13.9. The molecule has 36 heavy (non-hydrogen) atoms. The quantitative estimate of drug-likeness (QED) is 0.429. The van der Waals surface area contributed by atoms with Gasteiger partial charge in [0, 0.05) is 5.41 Å². The maximum atomic E-state index is 12.9. The molecule has 0 aromatic rings. The normalized spacial score (nSPS) is 58.3. The summed E-state index contributed by atoms with van der Waals surface area (Å²) in [5.41, 5.74) is 0.795. The number of fused-ring (bicyclic) bond motifs is 9. The Hall–Kier alpha value is -0.910. The minimum absolute atomic E-state index is 0.000424. The predicted octanol–water partition coefficient (Wildman–Crippen LogP) is 6.05. The van der Waals surface area contributed by atoms with Gasteiger partial charge in [0.2, 0.25) is 0 Å². The molecule has 5 fully saturated rings. The Labute approximate surface area is 217 Å². The second-order valence-corrected chi connectivity index (χ2v) is 14.9. The van der Waals surface area contributed by atoms with Gasteiger partial charge in [0.05, 0.1) is 24.2 Å². The van der Waals surface area contributed by atoms with E-state index in [2.05, 4.69) is 47.6 Å². The molecule has 5 aliphatic carbocycles. The van der Waals surface area contributed by atoms with Crippen molar-refractivity contribution >= 4 is 5.97 Å². The number of ether oxygens (including phenoxy) is 2. The van der Waals surface area contributed by atoms with Gasteiger partial charge in [-0.2, -0.15) is 0 Å². The molecule has 0 bridgehead atoms. The van der Waals surface area contributed by atoms with E-state index in [4.69, 9.17) is 9.47 Å². The van der Waals surface area contributed by atoms with Gasteiger partial charge >= 0.3 is 5.97 Å². The van der Waals surface area contributed by atoms with E-state index in [1.165, 1.54) is 5.57 Å². The fourth-order valence-corrected chi connectivity index (χ4v) is 11.7. The summed E-state index contributed by atoms with van der Waals surface area (Å²) in [7, 11) is 0. The second kappa shape index (κ2) is 7.82. The predicted molar refractivity (Wildman–Crippen MR) is 138 cm³/mol. The smallest absolute Gasteiger partial charge is 0.310 e. The zero-order chi connectivity index (χ0) is 25.9. The Morgan fingerprint density at radius 1 is 1.00 bits per heavy atom. The molecule has 5 nitrogen and oxygen atoms in total. The maximum absolute atomic E-state index is 12.9. The van der Waals surface area contributed by atoms with Gasteiger partial charge in [0.15, 0.2) is 0 Å². The van der Waals surface area contributed by atoms with Crippen molar-refractivity contribution in [3.05, 3.63) is 11.6 Å². The van der Waals surface area contributed by atoms with Crippen LogP contribution in [0, 0.1) is 56.7 Å². The summed E-state index contributed by atoms with van der Waals surface area (Å²) in [6.07, 6.45) is 9.57. The minimum Gasteiger partial charge on any atom is -0.481 e. The van der Waals surface area contributed by atoms with Crippen LogP contribution < -0.4 is 0 Å². The molecule has 0 aromatic heterocycles. The molecular weight excluding hydrogens is 452 g/mol. The van der Waals surface area contributed by atoms with Crippen LogP contribution in [0.2, 0.25) is 0 Å². The summed E-state index contributed by atoms with van der Waals surface area (Å²) >= 11 is 0. The minimum atomic E-state index is -0.597. The van der Waals surface area contributed by atoms with Crippen molar-refractivity contribution in [1.29, 1.82) is 0 Å². The number of carboxylic acid groups (broad SMARTS) is 1. The molecule has 1 heterocycles. The average molecular weight is 501 g/mol. The highest BCUT2D eigenvalue weighted by Crippen LogP contribution is 2.76. The third kappa shape index (κ3) is 2.86. The summed E-state index contributed by atoms with van der Waals surface area (Å²) < 4.78 is 11.9. The Morgan fingerprint density at radius 3 is 2.47 bits per heavy atom. The molecule has 6 aliphatic rings. The van der Waals surface area contributed by atoms with Crippen molar-refractivity contribution in [2.75, 3.05) is 13.4 Å². The number of allylic oxidation sites excluding steroid dienone is 2. The van der Waals surface area contributed by atoms with Crippen LogP contribution in [0.4, 0.5) is 0 Å². The highest BCUT2D eigenvalue weighted by molar-refractivity contribution is 5.76. The van der Waals surface area contributed by atoms with E-state index < -0.39 is 17.5 Å². The molecule has 0 radical (unpaired) electrons. The number of aliphatic hydroxyl groups excluding tert-OH is 1. The lowest BCUT2D eigenvalue weighted by atomic mass is 9.33. The van der Waals surface area contributed by atoms with E-state index in [-0.39, 0.29) is 40.5 Å². The van der Waals surface area contributed by atoms with Gasteiger partial charge in [0.25, 0.3) is 0 Å². The number of carboxylic acids is 1. The van der Waals surface area contributed by atoms with Crippen LogP contribution in [0.3, 0.4) is 0 Å². The van der Waals surface area contributed by atoms with Crippen molar-refractivity contribution in [1.82, 2.24) is 0 Å². The number of rotatable bonds is 1. The first-order chi connectivity index (χ1) is 16.9. The zero-order valence-electron chi connectivity index (χ0n) is 23.3. The average Bonchev–Trinajstić information content (AvgIpc) is 2.81. The number of aliphatic hydroxyl groups is 1. The van der Waals surface area contributed by atoms with Crippen LogP contribution >= 0.6 is 0 Å². The maximum Gasteiger partial charge on any atom is 0.310 e. The van der Waals surface area contributed by atoms with Crippen LogP contribution in [0.25, 0.3) is 0 Å². The summed E-state index contributed by atoms with van der Waals surface area (Å²) in [6.45, 7) is 15.4. The molecule has 0 spiro atoms. The standard InChI is InChI=1S/C31H48O5/c1-18-9-12-31(26(33)34)14-13-29(5)20(24(31)19(18)2)7-8-23-27(3)15-21(32)25-28(4,16-35-17-36-25)22(27)10-11-30(23,29)6/h7,18-19,21-25,32H,8-17H2,1-6H3,(H,33,34)/t18-,19+,21-,22?,23?,24?,25+,27+,28?,29-,30-,31+/m1/s1. The molecule has 1 saturated heterocycles. The van der Waals surface area contributed by atoms with Crippen molar-refractivity contribution in [2.45, 2.75) is 105 Å². The van der Waals surface area contributed by atoms with Gasteiger partial charge < -0.3 is 19.7 Å². The highest BCUT2D eigenvalue weighted by atomic mass is 16.7. The number of hydrogen-bond acceptors (Lipinski definition) is 4. The Morgan fingerprint density at radius 2 is 1.75 bits per heavy atom. The van der Waals surface area contributed by atoms with Crippen LogP contribution in [-0.4, -0.2) is 41.8 Å². The van der Waals surface area contributed by atoms with Crippen LogP contribution in [0.5, 0.6) is 0 Å². The lowest BCUT2D eigenvalue weighted by Crippen LogP contribution is -2.69. The second-order valence-electron chi connectivity index (χ2n) is 14.9. The van der Waals surface area contributed by atoms with Crippen molar-refractivity contribution in [3.8, 4) is 0 Å². The van der Waals surface area contributed by atoms with Crippen LogP contribution in [0.15, 0.2) is 11.6 Å². The highest BCUT2D eigenvalue weighted by Gasteiger charge is 2.71. The molecule has 0 aromatic carbocycles. The molecule has 6 rings (SSSR count). The fourth-order valence-electron chi connectivity index (χ4n) is 11.7. The molecule has 0 amide bonds. The summed E-state index contributed by atoms with van der Waals surface area (Å²) in [5, 5.41) is 22.0. The number of hydrogen-bond donors (Lipinski definition) is 2. The summed E-state index contributed by atoms with van der Waals surface area (Å²) in [4.78, 5) is 12.9. The van der Waals surface area contributed by atoms with Gasteiger partial charge in [-0.3, -0.25) is 4.79 Å². The van der Waals surface area contributed by atoms with E-state index in [1.54, 1.807) is 0 Å². The van der Waals surface area contributed by atoms with Gasteiger partial charge in [-0.15, -0.1) is 0 Å².